The summed E-state index contributed by atoms with van der Waals surface area (Å²) in [6, 6.07) is 9.68. The average Bonchev–Trinajstić information content (AvgIpc) is 2.79. The van der Waals surface area contributed by atoms with Crippen LogP contribution in [0.3, 0.4) is 0 Å². The van der Waals surface area contributed by atoms with E-state index in [2.05, 4.69) is 21.4 Å². The predicted molar refractivity (Wildman–Crippen MR) is 66.8 cm³/mol. The van der Waals surface area contributed by atoms with E-state index in [9.17, 15) is 0 Å². The topological polar surface area (TPSA) is 51.2 Å². The minimum atomic E-state index is -0.135. The van der Waals surface area contributed by atoms with Gasteiger partial charge in [0.2, 0.25) is 0 Å². The van der Waals surface area contributed by atoms with E-state index in [0.717, 1.165) is 15.8 Å². The van der Waals surface area contributed by atoms with Gasteiger partial charge in [0.1, 0.15) is 11.8 Å². The molecule has 1 unspecified atom stereocenters. The first-order valence-corrected chi connectivity index (χ1v) is 5.78. The van der Waals surface area contributed by atoms with Crippen molar-refractivity contribution in [1.82, 2.24) is 5.43 Å². The maximum atomic E-state index is 5.58. The highest BCUT2D eigenvalue weighted by Gasteiger charge is 2.18. The second-order valence-corrected chi connectivity index (χ2v) is 4.39. The largest absolute Gasteiger partial charge is 0.467 e. The minimum Gasteiger partial charge on any atom is -0.467 e. The number of benzene rings is 1. The van der Waals surface area contributed by atoms with Crippen molar-refractivity contribution in [3.05, 3.63) is 58.0 Å². The maximum absolute atomic E-state index is 5.58. The molecule has 1 heterocycles. The van der Waals surface area contributed by atoms with Crippen LogP contribution in [0.5, 0.6) is 0 Å². The van der Waals surface area contributed by atoms with Crippen molar-refractivity contribution >= 4 is 15.9 Å². The molecule has 0 bridgehead atoms. The Labute approximate surface area is 103 Å². The third-order valence-corrected chi connectivity index (χ3v) is 3.61. The Bertz CT molecular complexity index is 468. The van der Waals surface area contributed by atoms with Crippen LogP contribution < -0.4 is 11.3 Å². The number of hydrogen-bond donors (Lipinski definition) is 2. The second-order valence-electron chi connectivity index (χ2n) is 3.59. The molecule has 2 aromatic rings. The SMILES string of the molecule is Cc1cccc(C(NN)c2ccco2)c1Br. The van der Waals surface area contributed by atoms with Gasteiger partial charge in [0, 0.05) is 4.47 Å². The summed E-state index contributed by atoms with van der Waals surface area (Å²) in [5.74, 6) is 6.38. The lowest BCUT2D eigenvalue weighted by Gasteiger charge is -2.16. The molecule has 0 saturated carbocycles. The van der Waals surface area contributed by atoms with E-state index >= 15 is 0 Å². The monoisotopic (exact) mass is 280 g/mol. The van der Waals surface area contributed by atoms with Crippen molar-refractivity contribution in [3.63, 3.8) is 0 Å². The molecule has 4 heteroatoms. The van der Waals surface area contributed by atoms with E-state index in [1.165, 1.54) is 5.56 Å². The number of rotatable bonds is 3. The molecule has 0 aliphatic heterocycles. The van der Waals surface area contributed by atoms with Gasteiger partial charge in [-0.1, -0.05) is 34.1 Å². The lowest BCUT2D eigenvalue weighted by molar-refractivity contribution is 0.451. The van der Waals surface area contributed by atoms with Crippen molar-refractivity contribution in [3.8, 4) is 0 Å². The third-order valence-electron chi connectivity index (χ3n) is 2.53. The molecule has 1 aromatic carbocycles. The van der Waals surface area contributed by atoms with Gasteiger partial charge in [-0.25, -0.2) is 5.43 Å². The van der Waals surface area contributed by atoms with E-state index in [1.807, 2.05) is 37.3 Å². The van der Waals surface area contributed by atoms with Gasteiger partial charge >= 0.3 is 0 Å². The van der Waals surface area contributed by atoms with Gasteiger partial charge in [-0.15, -0.1) is 0 Å². The minimum absolute atomic E-state index is 0.135. The summed E-state index contributed by atoms with van der Waals surface area (Å²) < 4.78 is 6.42. The first kappa shape index (κ1) is 11.4. The average molecular weight is 281 g/mol. The van der Waals surface area contributed by atoms with Gasteiger partial charge in [-0.05, 0) is 30.2 Å². The lowest BCUT2D eigenvalue weighted by atomic mass is 10.0. The number of furan rings is 1. The summed E-state index contributed by atoms with van der Waals surface area (Å²) in [6.45, 7) is 2.04. The molecule has 0 radical (unpaired) electrons. The van der Waals surface area contributed by atoms with Crippen LogP contribution in [-0.2, 0) is 0 Å². The van der Waals surface area contributed by atoms with Crippen LogP contribution in [0, 0.1) is 6.92 Å². The van der Waals surface area contributed by atoms with E-state index in [1.54, 1.807) is 6.26 Å². The molecule has 0 aliphatic carbocycles. The Hall–Kier alpha value is -1.10. The molecular formula is C12H13BrN2O. The van der Waals surface area contributed by atoms with E-state index in [4.69, 9.17) is 10.3 Å². The molecule has 3 nitrogen and oxygen atoms in total. The molecule has 0 saturated heterocycles. The number of nitrogens with one attached hydrogen (secondary N) is 1. The number of hydrazine groups is 1. The fourth-order valence-electron chi connectivity index (χ4n) is 1.67. The molecule has 0 fully saturated rings. The van der Waals surface area contributed by atoms with Crippen LogP contribution in [0.1, 0.15) is 22.9 Å². The van der Waals surface area contributed by atoms with Crippen molar-refractivity contribution in [1.29, 1.82) is 0 Å². The fraction of sp³-hybridized carbons (Fsp3) is 0.167. The van der Waals surface area contributed by atoms with Crippen LogP contribution in [-0.4, -0.2) is 0 Å². The highest BCUT2D eigenvalue weighted by molar-refractivity contribution is 9.10. The van der Waals surface area contributed by atoms with Gasteiger partial charge in [-0.2, -0.15) is 0 Å². The number of nitrogens with two attached hydrogens (primary N) is 1. The predicted octanol–water partition coefficient (Wildman–Crippen LogP) is 2.90. The first-order chi connectivity index (χ1) is 7.74. The van der Waals surface area contributed by atoms with E-state index in [-0.39, 0.29) is 6.04 Å². The molecule has 1 aromatic heterocycles. The first-order valence-electron chi connectivity index (χ1n) is 4.98. The van der Waals surface area contributed by atoms with Crippen molar-refractivity contribution < 1.29 is 4.42 Å². The zero-order valence-corrected chi connectivity index (χ0v) is 10.5. The Balaban J connectivity index is 2.45. The highest BCUT2D eigenvalue weighted by atomic mass is 79.9. The maximum Gasteiger partial charge on any atom is 0.126 e. The summed E-state index contributed by atoms with van der Waals surface area (Å²) in [5, 5.41) is 0. The summed E-state index contributed by atoms with van der Waals surface area (Å²) in [6.07, 6.45) is 1.64. The normalized spacial score (nSPS) is 12.7. The van der Waals surface area contributed by atoms with Gasteiger partial charge in [0.25, 0.3) is 0 Å². The Morgan fingerprint density at radius 2 is 2.12 bits per heavy atom. The molecule has 0 amide bonds. The Kier molecular flexibility index (Phi) is 3.43. The standard InChI is InChI=1S/C12H13BrN2O/c1-8-4-2-5-9(11(8)13)12(15-14)10-6-3-7-16-10/h2-7,12,15H,14H2,1H3. The summed E-state index contributed by atoms with van der Waals surface area (Å²) in [4.78, 5) is 0. The zero-order chi connectivity index (χ0) is 11.5. The number of aryl methyl sites for hydroxylation is 1. The quantitative estimate of drug-likeness (QED) is 0.672. The van der Waals surface area contributed by atoms with Gasteiger partial charge in [0.15, 0.2) is 0 Å². The van der Waals surface area contributed by atoms with E-state index in [0.29, 0.717) is 0 Å². The van der Waals surface area contributed by atoms with Crippen LogP contribution in [0.15, 0.2) is 45.5 Å². The molecular weight excluding hydrogens is 268 g/mol. The molecule has 84 valence electrons. The fourth-order valence-corrected chi connectivity index (χ4v) is 2.17. The number of halogens is 1. The molecule has 0 aliphatic rings. The van der Waals surface area contributed by atoms with Gasteiger partial charge in [-0.3, -0.25) is 5.84 Å². The van der Waals surface area contributed by atoms with Crippen LogP contribution >= 0.6 is 15.9 Å². The summed E-state index contributed by atoms with van der Waals surface area (Å²) in [7, 11) is 0. The highest BCUT2D eigenvalue weighted by Crippen LogP contribution is 2.30. The molecule has 0 spiro atoms. The van der Waals surface area contributed by atoms with Crippen molar-refractivity contribution in [2.45, 2.75) is 13.0 Å². The lowest BCUT2D eigenvalue weighted by Crippen LogP contribution is -2.28. The van der Waals surface area contributed by atoms with Crippen LogP contribution in [0.2, 0.25) is 0 Å². The molecule has 3 N–H and O–H groups in total. The van der Waals surface area contributed by atoms with E-state index < -0.39 is 0 Å². The van der Waals surface area contributed by atoms with Crippen molar-refractivity contribution in [2.24, 2.45) is 5.84 Å². The molecule has 1 atom stereocenters. The summed E-state index contributed by atoms with van der Waals surface area (Å²) in [5.41, 5.74) is 5.00. The van der Waals surface area contributed by atoms with Gasteiger partial charge < -0.3 is 4.42 Å². The van der Waals surface area contributed by atoms with Crippen LogP contribution in [0.4, 0.5) is 0 Å². The smallest absolute Gasteiger partial charge is 0.126 e. The summed E-state index contributed by atoms with van der Waals surface area (Å²) >= 11 is 3.57. The molecule has 16 heavy (non-hydrogen) atoms. The number of hydrogen-bond acceptors (Lipinski definition) is 3. The molecule has 2 rings (SSSR count). The van der Waals surface area contributed by atoms with Crippen LogP contribution in [0.25, 0.3) is 0 Å². The Morgan fingerprint density at radius 3 is 2.75 bits per heavy atom. The third kappa shape index (κ3) is 2.04. The zero-order valence-electron chi connectivity index (χ0n) is 8.91. The second kappa shape index (κ2) is 4.82. The van der Waals surface area contributed by atoms with Crippen molar-refractivity contribution in [2.75, 3.05) is 0 Å². The van der Waals surface area contributed by atoms with Gasteiger partial charge in [0.05, 0.1) is 6.26 Å². The Morgan fingerprint density at radius 1 is 1.31 bits per heavy atom.